The Labute approximate surface area is 332 Å². The van der Waals surface area contributed by atoms with Crippen molar-refractivity contribution in [2.24, 2.45) is 0 Å². The molecule has 0 aliphatic heterocycles. The molecule has 0 unspecified atom stereocenters. The molecule has 0 saturated heterocycles. The lowest BCUT2D eigenvalue weighted by Crippen LogP contribution is -1.97. The first-order valence-electron chi connectivity index (χ1n) is 19.3. The minimum absolute atomic E-state index is 0.721. The molecule has 57 heavy (non-hydrogen) atoms. The Morgan fingerprint density at radius 1 is 0.333 bits per heavy atom. The lowest BCUT2D eigenvalue weighted by molar-refractivity contribution is 1.19. The average molecular weight is 742 g/mol. The van der Waals surface area contributed by atoms with Crippen LogP contribution in [-0.2, 0) is 0 Å². The number of aromatic nitrogens is 3. The summed E-state index contributed by atoms with van der Waals surface area (Å²) in [4.78, 5) is 16.8. The van der Waals surface area contributed by atoms with Gasteiger partial charge in [-0.1, -0.05) is 170 Å². The maximum atomic E-state index is 5.27. The fourth-order valence-corrected chi connectivity index (χ4v) is 9.81. The van der Waals surface area contributed by atoms with Gasteiger partial charge in [-0.3, -0.25) is 0 Å². The van der Waals surface area contributed by atoms with E-state index in [0.29, 0.717) is 0 Å². The van der Waals surface area contributed by atoms with E-state index in [-0.39, 0.29) is 0 Å². The molecule has 0 radical (unpaired) electrons. The van der Waals surface area contributed by atoms with Crippen molar-refractivity contribution in [3.8, 4) is 56.3 Å². The van der Waals surface area contributed by atoms with E-state index in [1.165, 1.54) is 58.6 Å². The number of benzene rings is 9. The first kappa shape index (κ1) is 32.0. The Kier molecular flexibility index (Phi) is 7.10. The molecule has 264 valence electrons. The van der Waals surface area contributed by atoms with Crippen molar-refractivity contribution in [2.75, 3.05) is 0 Å². The Morgan fingerprint density at radius 2 is 0.895 bits per heavy atom. The van der Waals surface area contributed by atoms with Gasteiger partial charge in [-0.2, -0.15) is 0 Å². The van der Waals surface area contributed by atoms with Crippen molar-refractivity contribution in [3.63, 3.8) is 0 Å². The van der Waals surface area contributed by atoms with Crippen LogP contribution in [0.3, 0.4) is 0 Å². The van der Waals surface area contributed by atoms with Crippen molar-refractivity contribution in [1.29, 1.82) is 0 Å². The lowest BCUT2D eigenvalue weighted by atomic mass is 9.91. The van der Waals surface area contributed by atoms with E-state index in [0.717, 1.165) is 61.1 Å². The van der Waals surface area contributed by atoms with Gasteiger partial charge in [-0.25, -0.2) is 15.0 Å². The smallest absolute Gasteiger partial charge is 0.161 e. The maximum absolute atomic E-state index is 5.27. The van der Waals surface area contributed by atoms with Gasteiger partial charge in [0, 0.05) is 43.1 Å². The van der Waals surface area contributed by atoms with Crippen LogP contribution in [0, 0.1) is 0 Å². The largest absolute Gasteiger partial charge is 0.236 e. The van der Waals surface area contributed by atoms with Crippen LogP contribution in [0.15, 0.2) is 188 Å². The number of rotatable bonds is 5. The molecule has 0 N–H and O–H groups in total. The van der Waals surface area contributed by atoms with E-state index in [2.05, 4.69) is 182 Å². The predicted molar refractivity (Wildman–Crippen MR) is 241 cm³/mol. The molecule has 3 aromatic heterocycles. The van der Waals surface area contributed by atoms with E-state index in [1.54, 1.807) is 11.3 Å². The first-order valence-corrected chi connectivity index (χ1v) is 20.1. The fourth-order valence-electron chi connectivity index (χ4n) is 8.72. The van der Waals surface area contributed by atoms with E-state index in [4.69, 9.17) is 15.0 Å². The SMILES string of the molecule is c1ccc(-c2cc(-c3ccc(-c4ccc(-c5nc6sc7ccccc7c6c6ccccc56)cc4)cc3)nc(-c3ccc4ccc5cccc6ccc3c4c56)n2)cc1. The molecule has 12 aromatic rings. The summed E-state index contributed by atoms with van der Waals surface area (Å²) in [5.74, 6) is 0.721. The third-order valence-corrected chi connectivity index (χ3v) is 12.5. The highest BCUT2D eigenvalue weighted by molar-refractivity contribution is 7.25. The first-order chi connectivity index (χ1) is 28.2. The van der Waals surface area contributed by atoms with Gasteiger partial charge in [-0.15, -0.1) is 11.3 Å². The molecule has 9 aromatic carbocycles. The van der Waals surface area contributed by atoms with Crippen LogP contribution < -0.4 is 0 Å². The maximum Gasteiger partial charge on any atom is 0.161 e. The van der Waals surface area contributed by atoms with Crippen LogP contribution in [0.25, 0.3) is 120 Å². The zero-order valence-corrected chi connectivity index (χ0v) is 31.5. The topological polar surface area (TPSA) is 38.7 Å². The average Bonchev–Trinajstić information content (AvgIpc) is 3.67. The molecule has 0 spiro atoms. The number of thiophene rings is 1. The van der Waals surface area contributed by atoms with Crippen LogP contribution in [0.5, 0.6) is 0 Å². The van der Waals surface area contributed by atoms with Gasteiger partial charge >= 0.3 is 0 Å². The number of fused-ring (bicyclic) bond motifs is 5. The molecule has 0 saturated carbocycles. The molecule has 0 bridgehead atoms. The summed E-state index contributed by atoms with van der Waals surface area (Å²) in [6.45, 7) is 0. The zero-order valence-electron chi connectivity index (χ0n) is 30.6. The lowest BCUT2D eigenvalue weighted by Gasteiger charge is -2.15. The van der Waals surface area contributed by atoms with Crippen LogP contribution in [0.2, 0.25) is 0 Å². The Morgan fingerprint density at radius 3 is 1.63 bits per heavy atom. The number of hydrogen-bond donors (Lipinski definition) is 0. The van der Waals surface area contributed by atoms with E-state index in [1.807, 2.05) is 6.07 Å². The van der Waals surface area contributed by atoms with Gasteiger partial charge in [0.25, 0.3) is 0 Å². The molecule has 0 aliphatic rings. The van der Waals surface area contributed by atoms with E-state index >= 15 is 0 Å². The Bertz CT molecular complexity index is 3480. The van der Waals surface area contributed by atoms with Gasteiger partial charge < -0.3 is 0 Å². The minimum Gasteiger partial charge on any atom is -0.236 e. The fraction of sp³-hybridized carbons (Fsp3) is 0. The number of pyridine rings is 1. The second kappa shape index (κ2) is 12.6. The molecule has 0 fully saturated rings. The van der Waals surface area contributed by atoms with Crippen molar-refractivity contribution in [2.45, 2.75) is 0 Å². The van der Waals surface area contributed by atoms with Crippen molar-refractivity contribution < 1.29 is 0 Å². The summed E-state index contributed by atoms with van der Waals surface area (Å²) in [7, 11) is 0. The van der Waals surface area contributed by atoms with Gasteiger partial charge in [0.1, 0.15) is 4.83 Å². The van der Waals surface area contributed by atoms with Gasteiger partial charge in [-0.05, 0) is 67.0 Å². The molecule has 4 heteroatoms. The van der Waals surface area contributed by atoms with Crippen molar-refractivity contribution in [1.82, 2.24) is 15.0 Å². The van der Waals surface area contributed by atoms with Gasteiger partial charge in [0.05, 0.1) is 17.1 Å². The van der Waals surface area contributed by atoms with Crippen LogP contribution in [-0.4, -0.2) is 15.0 Å². The molecular formula is C53H31N3S. The number of hydrogen-bond acceptors (Lipinski definition) is 4. The van der Waals surface area contributed by atoms with E-state index < -0.39 is 0 Å². The highest BCUT2D eigenvalue weighted by atomic mass is 32.1. The molecular weight excluding hydrogens is 711 g/mol. The van der Waals surface area contributed by atoms with Gasteiger partial charge in [0.15, 0.2) is 5.82 Å². The highest BCUT2D eigenvalue weighted by Crippen LogP contribution is 2.42. The normalized spacial score (nSPS) is 11.9. The molecule has 3 heterocycles. The standard InChI is InChI=1S/C53H31N3S/c1-2-9-34(10-3-1)45-31-46(55-52(54-45)43-30-28-38-24-23-36-11-8-12-37-27-29-41(43)49(38)48(36)37)35-21-17-32(18-22-35)33-19-25-39(26-20-33)51-42-14-5-4-13-40(42)50-44-15-6-7-16-47(44)57-53(50)56-51/h1-31H. The monoisotopic (exact) mass is 741 g/mol. The summed E-state index contributed by atoms with van der Waals surface area (Å²) in [5.41, 5.74) is 9.35. The predicted octanol–water partition coefficient (Wildman–Crippen LogP) is 14.6. The second-order valence-electron chi connectivity index (χ2n) is 14.7. The second-order valence-corrected chi connectivity index (χ2v) is 15.8. The summed E-state index contributed by atoms with van der Waals surface area (Å²) < 4.78 is 1.27. The summed E-state index contributed by atoms with van der Waals surface area (Å²) in [5, 5.41) is 12.4. The molecule has 0 amide bonds. The third kappa shape index (κ3) is 5.15. The van der Waals surface area contributed by atoms with Crippen molar-refractivity contribution in [3.05, 3.63) is 188 Å². The third-order valence-electron chi connectivity index (χ3n) is 11.5. The number of nitrogens with zero attached hydrogens (tertiary/aromatic N) is 3. The minimum atomic E-state index is 0.721. The zero-order chi connectivity index (χ0) is 37.5. The molecule has 12 rings (SSSR count). The molecule has 0 aliphatic carbocycles. The summed E-state index contributed by atoms with van der Waals surface area (Å²) >= 11 is 1.77. The quantitative estimate of drug-likeness (QED) is 0.165. The van der Waals surface area contributed by atoms with Crippen LogP contribution in [0.4, 0.5) is 0 Å². The Balaban J connectivity index is 0.931. The molecule has 3 nitrogen and oxygen atoms in total. The van der Waals surface area contributed by atoms with Gasteiger partial charge in [0.2, 0.25) is 0 Å². The van der Waals surface area contributed by atoms with Crippen LogP contribution >= 0.6 is 11.3 Å². The highest BCUT2D eigenvalue weighted by Gasteiger charge is 2.18. The van der Waals surface area contributed by atoms with Crippen molar-refractivity contribution >= 4 is 74.7 Å². The summed E-state index contributed by atoms with van der Waals surface area (Å²) in [6, 6.07) is 67.2. The van der Waals surface area contributed by atoms with E-state index in [9.17, 15) is 0 Å². The Hall–Kier alpha value is -7.27. The molecule has 0 atom stereocenters. The van der Waals surface area contributed by atoms with Crippen LogP contribution in [0.1, 0.15) is 0 Å². The summed E-state index contributed by atoms with van der Waals surface area (Å²) in [6.07, 6.45) is 0.